The number of nitrogens with zero attached hydrogens (tertiary/aromatic N) is 1. The summed E-state index contributed by atoms with van der Waals surface area (Å²) in [6.07, 6.45) is 6.20. The topological polar surface area (TPSA) is 70.0 Å². The summed E-state index contributed by atoms with van der Waals surface area (Å²) in [5.74, 6) is 0.282. The predicted octanol–water partition coefficient (Wildman–Crippen LogP) is 5.08. The Balaban J connectivity index is 1.55. The first kappa shape index (κ1) is 22.3. The SMILES string of the molecule is C=CC(O)[C@@H]1CC[C@H]1CN1C[C@@]2(CCCc3cc(Cl)ccc32)COc2ccc(C(=O)O)cc21. The van der Waals surface area contributed by atoms with Crippen LogP contribution >= 0.6 is 11.6 Å². The number of hydrogen-bond acceptors (Lipinski definition) is 4. The van der Waals surface area contributed by atoms with Crippen molar-refractivity contribution in [2.24, 2.45) is 11.8 Å². The highest BCUT2D eigenvalue weighted by atomic mass is 35.5. The Bertz CT molecular complexity index is 1090. The number of aromatic carboxylic acids is 1. The van der Waals surface area contributed by atoms with Crippen LogP contribution in [0.15, 0.2) is 49.1 Å². The van der Waals surface area contributed by atoms with E-state index in [4.69, 9.17) is 16.3 Å². The van der Waals surface area contributed by atoms with Crippen molar-refractivity contribution in [3.8, 4) is 5.75 Å². The van der Waals surface area contributed by atoms with Gasteiger partial charge in [-0.15, -0.1) is 6.58 Å². The minimum Gasteiger partial charge on any atom is -0.490 e. The smallest absolute Gasteiger partial charge is 0.335 e. The molecule has 1 unspecified atom stereocenters. The number of fused-ring (bicyclic) bond motifs is 3. The van der Waals surface area contributed by atoms with Crippen LogP contribution in [0.3, 0.4) is 0 Å². The number of aliphatic hydroxyl groups is 1. The van der Waals surface area contributed by atoms with Gasteiger partial charge in [-0.05, 0) is 85.4 Å². The van der Waals surface area contributed by atoms with Gasteiger partial charge in [0, 0.05) is 23.5 Å². The average Bonchev–Trinajstić information content (AvgIpc) is 2.93. The molecule has 0 radical (unpaired) electrons. The molecule has 2 aliphatic carbocycles. The molecule has 2 N–H and O–H groups in total. The van der Waals surface area contributed by atoms with Crippen molar-refractivity contribution in [1.29, 1.82) is 0 Å². The van der Waals surface area contributed by atoms with Gasteiger partial charge >= 0.3 is 5.97 Å². The second-order valence-electron chi connectivity index (χ2n) is 9.82. The van der Waals surface area contributed by atoms with E-state index >= 15 is 0 Å². The molecule has 5 nitrogen and oxygen atoms in total. The van der Waals surface area contributed by atoms with Crippen molar-refractivity contribution in [3.05, 3.63) is 70.8 Å². The van der Waals surface area contributed by atoms with E-state index in [9.17, 15) is 15.0 Å². The summed E-state index contributed by atoms with van der Waals surface area (Å²) >= 11 is 6.31. The van der Waals surface area contributed by atoms with Gasteiger partial charge in [-0.3, -0.25) is 0 Å². The fourth-order valence-electron chi connectivity index (χ4n) is 5.98. The van der Waals surface area contributed by atoms with Gasteiger partial charge < -0.3 is 19.8 Å². The lowest BCUT2D eigenvalue weighted by atomic mass is 9.68. The molecule has 1 spiro atoms. The lowest BCUT2D eigenvalue weighted by Gasteiger charge is -2.45. The van der Waals surface area contributed by atoms with E-state index in [0.717, 1.165) is 61.7 Å². The van der Waals surface area contributed by atoms with E-state index < -0.39 is 12.1 Å². The minimum atomic E-state index is -0.946. The van der Waals surface area contributed by atoms with Crippen LogP contribution in [0.1, 0.15) is 47.2 Å². The monoisotopic (exact) mass is 467 g/mol. The van der Waals surface area contributed by atoms with Gasteiger partial charge in [-0.25, -0.2) is 4.79 Å². The fourth-order valence-corrected chi connectivity index (χ4v) is 6.17. The number of aryl methyl sites for hydroxylation is 1. The first-order valence-electron chi connectivity index (χ1n) is 11.7. The van der Waals surface area contributed by atoms with E-state index in [0.29, 0.717) is 12.5 Å². The maximum Gasteiger partial charge on any atom is 0.335 e. The van der Waals surface area contributed by atoms with Gasteiger partial charge in [0.1, 0.15) is 5.75 Å². The zero-order valence-corrected chi connectivity index (χ0v) is 19.4. The lowest BCUT2D eigenvalue weighted by Crippen LogP contribution is -2.49. The molecule has 3 aliphatic rings. The molecule has 0 aromatic heterocycles. The number of hydrogen-bond donors (Lipinski definition) is 2. The number of carbonyl (C=O) groups is 1. The zero-order chi connectivity index (χ0) is 23.2. The summed E-state index contributed by atoms with van der Waals surface area (Å²) in [7, 11) is 0. The molecule has 174 valence electrons. The van der Waals surface area contributed by atoms with E-state index in [2.05, 4.69) is 23.6 Å². The second-order valence-corrected chi connectivity index (χ2v) is 10.3. The fraction of sp³-hybridized carbons (Fsp3) is 0.444. The molecule has 0 bridgehead atoms. The molecular formula is C27H30ClNO4. The van der Waals surface area contributed by atoms with Crippen LogP contribution in [0.5, 0.6) is 5.75 Å². The average molecular weight is 468 g/mol. The standard InChI is InChI=1S/C27H30ClNO4/c1-2-24(30)21-8-5-19(21)14-29-15-27(11-3-4-17-12-20(28)7-9-22(17)27)16-33-25-10-6-18(26(31)32)13-23(25)29/h2,6-7,9-10,12-13,19,21,24,30H,1,3-5,8,11,14-16H2,(H,31,32)/t19-,21+,24?,27-/m0/s1. The summed E-state index contributed by atoms with van der Waals surface area (Å²) in [6.45, 7) is 5.80. The van der Waals surface area contributed by atoms with Gasteiger partial charge in [0.25, 0.3) is 0 Å². The summed E-state index contributed by atoms with van der Waals surface area (Å²) in [5.41, 5.74) is 3.44. The van der Waals surface area contributed by atoms with E-state index in [1.807, 2.05) is 6.07 Å². The summed E-state index contributed by atoms with van der Waals surface area (Å²) in [6, 6.07) is 11.3. The number of carboxylic acids is 1. The summed E-state index contributed by atoms with van der Waals surface area (Å²) in [4.78, 5) is 14.0. The van der Waals surface area contributed by atoms with Gasteiger partial charge in [-0.2, -0.15) is 0 Å². The number of ether oxygens (including phenoxy) is 1. The number of rotatable bonds is 5. The van der Waals surface area contributed by atoms with Gasteiger partial charge in [0.05, 0.1) is 24.0 Å². The quantitative estimate of drug-likeness (QED) is 0.600. The van der Waals surface area contributed by atoms with Crippen LogP contribution in [0.25, 0.3) is 0 Å². The van der Waals surface area contributed by atoms with Crippen molar-refractivity contribution >= 4 is 23.3 Å². The molecule has 0 saturated heterocycles. The Morgan fingerprint density at radius 1 is 1.30 bits per heavy atom. The Kier molecular flexibility index (Phi) is 5.87. The normalized spacial score (nSPS) is 26.9. The van der Waals surface area contributed by atoms with Crippen molar-refractivity contribution in [2.75, 3.05) is 24.6 Å². The Morgan fingerprint density at radius 2 is 2.15 bits per heavy atom. The van der Waals surface area contributed by atoms with Crippen LogP contribution in [0.4, 0.5) is 5.69 Å². The van der Waals surface area contributed by atoms with Crippen molar-refractivity contribution in [3.63, 3.8) is 0 Å². The first-order valence-corrected chi connectivity index (χ1v) is 12.1. The molecule has 5 rings (SSSR count). The molecule has 1 aliphatic heterocycles. The van der Waals surface area contributed by atoms with Crippen molar-refractivity contribution in [2.45, 2.75) is 43.6 Å². The Hall–Kier alpha value is -2.50. The van der Waals surface area contributed by atoms with Crippen LogP contribution in [0.2, 0.25) is 5.02 Å². The number of halogens is 1. The van der Waals surface area contributed by atoms with Crippen LogP contribution in [-0.2, 0) is 11.8 Å². The highest BCUT2D eigenvalue weighted by Crippen LogP contribution is 2.46. The molecule has 0 amide bonds. The van der Waals surface area contributed by atoms with E-state index in [-0.39, 0.29) is 16.9 Å². The number of anilines is 1. The molecule has 6 heteroatoms. The molecule has 1 saturated carbocycles. The van der Waals surface area contributed by atoms with Crippen LogP contribution in [-0.4, -0.2) is 42.0 Å². The largest absolute Gasteiger partial charge is 0.490 e. The zero-order valence-electron chi connectivity index (χ0n) is 18.7. The number of benzene rings is 2. The molecule has 1 fully saturated rings. The van der Waals surface area contributed by atoms with E-state index in [1.165, 1.54) is 11.1 Å². The predicted molar refractivity (Wildman–Crippen MR) is 130 cm³/mol. The first-order chi connectivity index (χ1) is 15.9. The highest BCUT2D eigenvalue weighted by molar-refractivity contribution is 6.30. The molecule has 33 heavy (non-hydrogen) atoms. The molecule has 2 aromatic rings. The van der Waals surface area contributed by atoms with E-state index in [1.54, 1.807) is 24.3 Å². The number of aliphatic hydroxyl groups excluding tert-OH is 1. The maximum absolute atomic E-state index is 11.7. The molecule has 1 heterocycles. The van der Waals surface area contributed by atoms with Crippen LogP contribution < -0.4 is 9.64 Å². The highest BCUT2D eigenvalue weighted by Gasteiger charge is 2.44. The van der Waals surface area contributed by atoms with Crippen LogP contribution in [0, 0.1) is 11.8 Å². The molecular weight excluding hydrogens is 438 g/mol. The van der Waals surface area contributed by atoms with Gasteiger partial charge in [-0.1, -0.05) is 23.7 Å². The minimum absolute atomic E-state index is 0.186. The van der Waals surface area contributed by atoms with Gasteiger partial charge in [0.2, 0.25) is 0 Å². The lowest BCUT2D eigenvalue weighted by molar-refractivity contribution is 0.0460. The third-order valence-electron chi connectivity index (χ3n) is 7.90. The summed E-state index contributed by atoms with van der Waals surface area (Å²) in [5, 5.41) is 20.8. The molecule has 2 aromatic carbocycles. The Labute approximate surface area is 199 Å². The molecule has 4 atom stereocenters. The van der Waals surface area contributed by atoms with Crippen molar-refractivity contribution in [1.82, 2.24) is 0 Å². The maximum atomic E-state index is 11.7. The second kappa shape index (κ2) is 8.69. The number of carboxylic acid groups (broad SMARTS) is 1. The summed E-state index contributed by atoms with van der Waals surface area (Å²) < 4.78 is 6.39. The van der Waals surface area contributed by atoms with Gasteiger partial charge in [0.15, 0.2) is 0 Å². The Morgan fingerprint density at radius 3 is 2.88 bits per heavy atom. The third-order valence-corrected chi connectivity index (χ3v) is 8.13. The third kappa shape index (κ3) is 4.02. The van der Waals surface area contributed by atoms with Crippen molar-refractivity contribution < 1.29 is 19.7 Å².